The summed E-state index contributed by atoms with van der Waals surface area (Å²) in [6.07, 6.45) is 0. The second kappa shape index (κ2) is 4.87. The highest BCUT2D eigenvalue weighted by Gasteiger charge is 2.01. The number of rotatable bonds is 4. The third-order valence-electron chi connectivity index (χ3n) is 1.17. The van der Waals surface area contributed by atoms with Gasteiger partial charge in [-0.3, -0.25) is 0 Å². The standard InChI is InChI=1S/C7H11N5S2/c1-4(8)13-2-5-3-14-7(11-5)12-6(9)10/h3H,1-2,8H2,(H4,9,10,11,12). The van der Waals surface area contributed by atoms with Crippen molar-refractivity contribution in [3.8, 4) is 0 Å². The summed E-state index contributed by atoms with van der Waals surface area (Å²) in [4.78, 5) is 8.00. The average molecular weight is 229 g/mol. The van der Waals surface area contributed by atoms with Crippen molar-refractivity contribution in [1.82, 2.24) is 4.98 Å². The van der Waals surface area contributed by atoms with Crippen LogP contribution in [0.4, 0.5) is 5.13 Å². The molecule has 0 aliphatic heterocycles. The van der Waals surface area contributed by atoms with Crippen LogP contribution in [0.15, 0.2) is 22.0 Å². The molecule has 0 saturated carbocycles. The number of aliphatic imine (C=N–C) groups is 1. The Morgan fingerprint density at radius 2 is 2.29 bits per heavy atom. The van der Waals surface area contributed by atoms with Gasteiger partial charge in [0.05, 0.1) is 10.7 Å². The van der Waals surface area contributed by atoms with E-state index in [2.05, 4.69) is 16.6 Å². The van der Waals surface area contributed by atoms with Crippen LogP contribution < -0.4 is 17.2 Å². The van der Waals surface area contributed by atoms with E-state index in [0.29, 0.717) is 15.9 Å². The maximum Gasteiger partial charge on any atom is 0.212 e. The number of nitrogens with zero attached hydrogens (tertiary/aromatic N) is 2. The minimum absolute atomic E-state index is 0.0155. The molecule has 1 rings (SSSR count). The zero-order chi connectivity index (χ0) is 10.6. The third kappa shape index (κ3) is 3.67. The zero-order valence-electron chi connectivity index (χ0n) is 7.43. The van der Waals surface area contributed by atoms with Gasteiger partial charge < -0.3 is 17.2 Å². The van der Waals surface area contributed by atoms with Crippen molar-refractivity contribution < 1.29 is 0 Å². The number of thioether (sulfide) groups is 1. The van der Waals surface area contributed by atoms with Crippen molar-refractivity contribution in [2.75, 3.05) is 0 Å². The van der Waals surface area contributed by atoms with Gasteiger partial charge in [-0.05, 0) is 0 Å². The van der Waals surface area contributed by atoms with Crippen LogP contribution in [0.3, 0.4) is 0 Å². The summed E-state index contributed by atoms with van der Waals surface area (Å²) < 4.78 is 0. The van der Waals surface area contributed by atoms with E-state index in [-0.39, 0.29) is 5.96 Å². The lowest BCUT2D eigenvalue weighted by molar-refractivity contribution is 1.21. The highest BCUT2D eigenvalue weighted by Crippen LogP contribution is 2.22. The van der Waals surface area contributed by atoms with Crippen LogP contribution in [-0.2, 0) is 5.75 Å². The summed E-state index contributed by atoms with van der Waals surface area (Å²) in [6, 6.07) is 0. The fourth-order valence-electron chi connectivity index (χ4n) is 0.691. The normalized spacial score (nSPS) is 9.71. The maximum absolute atomic E-state index is 5.40. The van der Waals surface area contributed by atoms with Gasteiger partial charge in [-0.25, -0.2) is 4.98 Å². The first-order valence-corrected chi connectivity index (χ1v) is 5.55. The Bertz CT molecular complexity index is 353. The fraction of sp³-hybridized carbons (Fsp3) is 0.143. The molecule has 6 N–H and O–H groups in total. The Morgan fingerprint density at radius 3 is 2.86 bits per heavy atom. The molecule has 0 spiro atoms. The first-order chi connectivity index (χ1) is 6.58. The molecule has 1 aromatic heterocycles. The summed E-state index contributed by atoms with van der Waals surface area (Å²) in [5.74, 6) is 0.702. The molecular weight excluding hydrogens is 218 g/mol. The highest BCUT2D eigenvalue weighted by atomic mass is 32.2. The predicted molar refractivity (Wildman–Crippen MR) is 62.2 cm³/mol. The smallest absolute Gasteiger partial charge is 0.212 e. The monoisotopic (exact) mass is 229 g/mol. The van der Waals surface area contributed by atoms with Gasteiger partial charge >= 0.3 is 0 Å². The number of aromatic nitrogens is 1. The maximum atomic E-state index is 5.40. The van der Waals surface area contributed by atoms with Gasteiger partial charge in [-0.15, -0.1) is 23.1 Å². The van der Waals surface area contributed by atoms with E-state index >= 15 is 0 Å². The van der Waals surface area contributed by atoms with E-state index in [1.165, 1.54) is 23.1 Å². The van der Waals surface area contributed by atoms with Crippen molar-refractivity contribution >= 4 is 34.2 Å². The third-order valence-corrected chi connectivity index (χ3v) is 2.76. The van der Waals surface area contributed by atoms with E-state index in [4.69, 9.17) is 17.2 Å². The van der Waals surface area contributed by atoms with Crippen LogP contribution >= 0.6 is 23.1 Å². The molecule has 14 heavy (non-hydrogen) atoms. The van der Waals surface area contributed by atoms with Crippen LogP contribution in [0.2, 0.25) is 0 Å². The Labute approximate surface area is 90.1 Å². The molecular formula is C7H11N5S2. The Hall–Kier alpha value is -1.21. The summed E-state index contributed by atoms with van der Waals surface area (Å²) in [7, 11) is 0. The van der Waals surface area contributed by atoms with Crippen molar-refractivity contribution in [2.45, 2.75) is 5.75 Å². The number of nitrogens with two attached hydrogens (primary N) is 3. The van der Waals surface area contributed by atoms with Gasteiger partial charge in [-0.1, -0.05) is 6.58 Å². The van der Waals surface area contributed by atoms with E-state index in [0.717, 1.165) is 5.69 Å². The molecule has 1 heterocycles. The first kappa shape index (κ1) is 10.9. The molecule has 1 aromatic rings. The molecule has 0 aromatic carbocycles. The molecule has 0 aliphatic carbocycles. The molecule has 5 nitrogen and oxygen atoms in total. The minimum atomic E-state index is 0.0155. The Balaban J connectivity index is 2.59. The topological polar surface area (TPSA) is 103 Å². The van der Waals surface area contributed by atoms with Crippen molar-refractivity contribution in [1.29, 1.82) is 0 Å². The van der Waals surface area contributed by atoms with E-state index < -0.39 is 0 Å². The second-order valence-electron chi connectivity index (χ2n) is 2.41. The molecule has 0 amide bonds. The molecule has 0 bridgehead atoms. The molecule has 76 valence electrons. The van der Waals surface area contributed by atoms with Crippen LogP contribution in [0.5, 0.6) is 0 Å². The number of thiazole rings is 1. The van der Waals surface area contributed by atoms with Gasteiger partial charge in [0, 0.05) is 11.1 Å². The fourth-order valence-corrected chi connectivity index (χ4v) is 1.98. The van der Waals surface area contributed by atoms with Crippen LogP contribution in [0, 0.1) is 0 Å². The Kier molecular flexibility index (Phi) is 3.78. The molecule has 0 atom stereocenters. The van der Waals surface area contributed by atoms with E-state index in [1.807, 2.05) is 5.38 Å². The van der Waals surface area contributed by atoms with E-state index in [1.54, 1.807) is 0 Å². The summed E-state index contributed by atoms with van der Waals surface area (Å²) in [5, 5.41) is 3.02. The number of guanidine groups is 1. The van der Waals surface area contributed by atoms with Gasteiger partial charge in [0.2, 0.25) is 5.13 Å². The lowest BCUT2D eigenvalue weighted by atomic mass is 10.6. The molecule has 7 heteroatoms. The van der Waals surface area contributed by atoms with Gasteiger partial charge in [0.1, 0.15) is 0 Å². The van der Waals surface area contributed by atoms with Crippen molar-refractivity contribution in [2.24, 2.45) is 22.2 Å². The lowest BCUT2D eigenvalue weighted by Crippen LogP contribution is -2.21. The quantitative estimate of drug-likeness (QED) is 0.521. The van der Waals surface area contributed by atoms with Crippen LogP contribution in [0.25, 0.3) is 0 Å². The number of hydrogen-bond acceptors (Lipinski definition) is 5. The average Bonchev–Trinajstić information content (AvgIpc) is 2.47. The Morgan fingerprint density at radius 1 is 1.57 bits per heavy atom. The summed E-state index contributed by atoms with van der Waals surface area (Å²) >= 11 is 2.82. The highest BCUT2D eigenvalue weighted by molar-refractivity contribution is 8.02. The van der Waals surface area contributed by atoms with E-state index in [9.17, 15) is 0 Å². The number of hydrogen-bond donors (Lipinski definition) is 3. The van der Waals surface area contributed by atoms with Gasteiger partial charge in [-0.2, -0.15) is 4.99 Å². The second-order valence-corrected chi connectivity index (χ2v) is 4.35. The van der Waals surface area contributed by atoms with Gasteiger partial charge in [0.15, 0.2) is 5.96 Å². The van der Waals surface area contributed by atoms with Crippen molar-refractivity contribution in [3.05, 3.63) is 22.7 Å². The molecule has 0 saturated heterocycles. The first-order valence-electron chi connectivity index (χ1n) is 3.69. The molecule has 0 unspecified atom stereocenters. The largest absolute Gasteiger partial charge is 0.394 e. The minimum Gasteiger partial charge on any atom is -0.394 e. The summed E-state index contributed by atoms with van der Waals surface area (Å²) in [6.45, 7) is 3.57. The molecule has 0 radical (unpaired) electrons. The zero-order valence-corrected chi connectivity index (χ0v) is 9.07. The van der Waals surface area contributed by atoms with Crippen LogP contribution in [-0.4, -0.2) is 10.9 Å². The van der Waals surface area contributed by atoms with Crippen LogP contribution in [0.1, 0.15) is 5.69 Å². The summed E-state index contributed by atoms with van der Waals surface area (Å²) in [5.41, 5.74) is 16.7. The SMILES string of the molecule is C=C(N)SCc1csc(N=C(N)N)n1. The molecule has 0 aliphatic rings. The van der Waals surface area contributed by atoms with Gasteiger partial charge in [0.25, 0.3) is 0 Å². The van der Waals surface area contributed by atoms with Crippen molar-refractivity contribution in [3.63, 3.8) is 0 Å². The predicted octanol–water partition coefficient (Wildman–Crippen LogP) is 0.711. The lowest BCUT2D eigenvalue weighted by Gasteiger charge is -1.94. The molecule has 0 fully saturated rings.